The van der Waals surface area contributed by atoms with Crippen molar-refractivity contribution in [3.8, 4) is 6.07 Å². The van der Waals surface area contributed by atoms with Gasteiger partial charge in [0.1, 0.15) is 11.9 Å². The van der Waals surface area contributed by atoms with Crippen LogP contribution in [0.2, 0.25) is 5.15 Å². The van der Waals surface area contributed by atoms with Gasteiger partial charge in [-0.3, -0.25) is 4.72 Å². The molecule has 0 aliphatic heterocycles. The standard InChI is InChI=1S/C13H9ClFN3O2S/c1-8-4-12(13(14)17-7-8)18-21(19,20)10-2-3-11(15)9(5-10)6-16/h2-5,7,18H,1H3. The summed E-state index contributed by atoms with van der Waals surface area (Å²) in [5.74, 6) is -0.785. The van der Waals surface area contributed by atoms with Crippen LogP contribution >= 0.6 is 11.6 Å². The van der Waals surface area contributed by atoms with E-state index in [1.54, 1.807) is 13.0 Å². The smallest absolute Gasteiger partial charge is 0.262 e. The molecule has 0 fully saturated rings. The second-order valence-electron chi connectivity index (χ2n) is 4.21. The molecule has 8 heteroatoms. The Morgan fingerprint density at radius 3 is 2.76 bits per heavy atom. The molecule has 108 valence electrons. The third kappa shape index (κ3) is 3.29. The van der Waals surface area contributed by atoms with Crippen molar-refractivity contribution in [1.29, 1.82) is 5.26 Å². The minimum absolute atomic E-state index is 0.00760. The Balaban J connectivity index is 2.44. The number of rotatable bonds is 3. The van der Waals surface area contributed by atoms with Crippen molar-refractivity contribution in [2.75, 3.05) is 4.72 Å². The highest BCUT2D eigenvalue weighted by Crippen LogP contribution is 2.24. The molecule has 0 saturated carbocycles. The van der Waals surface area contributed by atoms with Gasteiger partial charge in [0.15, 0.2) is 5.15 Å². The molecule has 0 aliphatic rings. The Labute approximate surface area is 126 Å². The van der Waals surface area contributed by atoms with Crippen LogP contribution in [0.4, 0.5) is 10.1 Å². The molecule has 1 N–H and O–H groups in total. The maximum Gasteiger partial charge on any atom is 0.262 e. The van der Waals surface area contributed by atoms with Crippen molar-refractivity contribution in [3.05, 3.63) is 52.6 Å². The summed E-state index contributed by atoms with van der Waals surface area (Å²) in [5.41, 5.74) is 0.472. The van der Waals surface area contributed by atoms with Crippen LogP contribution in [0.15, 0.2) is 35.4 Å². The fourth-order valence-corrected chi connectivity index (χ4v) is 2.87. The highest BCUT2D eigenvalue weighted by atomic mass is 35.5. The zero-order valence-corrected chi connectivity index (χ0v) is 12.3. The van der Waals surface area contributed by atoms with Crippen LogP contribution in [0.3, 0.4) is 0 Å². The van der Waals surface area contributed by atoms with Crippen molar-refractivity contribution in [1.82, 2.24) is 4.98 Å². The van der Waals surface area contributed by atoms with Crippen LogP contribution in [-0.4, -0.2) is 13.4 Å². The summed E-state index contributed by atoms with van der Waals surface area (Å²) < 4.78 is 39.9. The number of nitrogens with one attached hydrogen (secondary N) is 1. The van der Waals surface area contributed by atoms with Gasteiger partial charge in [0.2, 0.25) is 0 Å². The summed E-state index contributed by atoms with van der Waals surface area (Å²) in [5, 5.41) is 8.73. The molecule has 0 saturated heterocycles. The fourth-order valence-electron chi connectivity index (χ4n) is 1.59. The summed E-state index contributed by atoms with van der Waals surface area (Å²) >= 11 is 5.82. The number of aryl methyl sites for hydroxylation is 1. The lowest BCUT2D eigenvalue weighted by Gasteiger charge is -2.10. The molecule has 1 aromatic carbocycles. The number of nitriles is 1. The third-order valence-corrected chi connectivity index (χ3v) is 4.25. The first-order chi connectivity index (χ1) is 9.83. The van der Waals surface area contributed by atoms with Crippen LogP contribution < -0.4 is 4.72 Å². The molecule has 0 spiro atoms. The van der Waals surface area contributed by atoms with E-state index in [-0.39, 0.29) is 21.3 Å². The predicted molar refractivity (Wildman–Crippen MR) is 75.9 cm³/mol. The number of hydrogen-bond donors (Lipinski definition) is 1. The van der Waals surface area contributed by atoms with Gasteiger partial charge in [-0.05, 0) is 36.8 Å². The Kier molecular flexibility index (Phi) is 4.11. The molecule has 5 nitrogen and oxygen atoms in total. The number of nitrogens with zero attached hydrogens (tertiary/aromatic N) is 2. The third-order valence-electron chi connectivity index (χ3n) is 2.59. The van der Waals surface area contributed by atoms with Gasteiger partial charge in [0.25, 0.3) is 10.0 Å². The summed E-state index contributed by atoms with van der Waals surface area (Å²) in [6.07, 6.45) is 1.49. The van der Waals surface area contributed by atoms with E-state index in [4.69, 9.17) is 16.9 Å². The van der Waals surface area contributed by atoms with Gasteiger partial charge in [0.05, 0.1) is 16.1 Å². The average Bonchev–Trinajstić information content (AvgIpc) is 2.43. The van der Waals surface area contributed by atoms with Gasteiger partial charge in [-0.25, -0.2) is 17.8 Å². The molecular formula is C13H9ClFN3O2S. The highest BCUT2D eigenvalue weighted by molar-refractivity contribution is 7.92. The molecule has 0 radical (unpaired) electrons. The molecule has 0 unspecified atom stereocenters. The molecular weight excluding hydrogens is 317 g/mol. The lowest BCUT2D eigenvalue weighted by atomic mass is 10.2. The van der Waals surface area contributed by atoms with Gasteiger partial charge in [-0.2, -0.15) is 5.26 Å². The van der Waals surface area contributed by atoms with Crippen molar-refractivity contribution in [3.63, 3.8) is 0 Å². The van der Waals surface area contributed by atoms with Crippen LogP contribution in [0, 0.1) is 24.1 Å². The second-order valence-corrected chi connectivity index (χ2v) is 6.25. The molecule has 0 aliphatic carbocycles. The average molecular weight is 326 g/mol. The van der Waals surface area contributed by atoms with Gasteiger partial charge >= 0.3 is 0 Å². The fraction of sp³-hybridized carbons (Fsp3) is 0.0769. The first-order valence-electron chi connectivity index (χ1n) is 5.68. The Hall–Kier alpha value is -2.17. The van der Waals surface area contributed by atoms with E-state index < -0.39 is 15.8 Å². The van der Waals surface area contributed by atoms with E-state index >= 15 is 0 Å². The number of anilines is 1. The van der Waals surface area contributed by atoms with Gasteiger partial charge in [-0.15, -0.1) is 0 Å². The lowest BCUT2D eigenvalue weighted by molar-refractivity contribution is 0.599. The van der Waals surface area contributed by atoms with E-state index in [0.717, 1.165) is 18.2 Å². The zero-order valence-electron chi connectivity index (χ0n) is 10.8. The summed E-state index contributed by atoms with van der Waals surface area (Å²) in [7, 11) is -3.99. The number of pyridine rings is 1. The van der Waals surface area contributed by atoms with Crippen molar-refractivity contribution in [2.45, 2.75) is 11.8 Å². The van der Waals surface area contributed by atoms with Gasteiger partial charge in [-0.1, -0.05) is 11.6 Å². The lowest BCUT2D eigenvalue weighted by Crippen LogP contribution is -2.14. The second kappa shape index (κ2) is 5.68. The van der Waals surface area contributed by atoms with Crippen molar-refractivity contribution < 1.29 is 12.8 Å². The molecule has 1 aromatic heterocycles. The topological polar surface area (TPSA) is 82.8 Å². The minimum atomic E-state index is -3.99. The predicted octanol–water partition coefficient (Wildman–Crippen LogP) is 2.86. The SMILES string of the molecule is Cc1cnc(Cl)c(NS(=O)(=O)c2ccc(F)c(C#N)c2)c1. The number of hydrogen-bond acceptors (Lipinski definition) is 4. The Morgan fingerprint density at radius 1 is 1.38 bits per heavy atom. The number of aromatic nitrogens is 1. The van der Waals surface area contributed by atoms with Crippen LogP contribution in [0.5, 0.6) is 0 Å². The normalized spacial score (nSPS) is 11.0. The van der Waals surface area contributed by atoms with Crippen LogP contribution in [0.1, 0.15) is 11.1 Å². The maximum absolute atomic E-state index is 13.2. The first kappa shape index (κ1) is 15.2. The maximum atomic E-state index is 13.2. The molecule has 21 heavy (non-hydrogen) atoms. The largest absolute Gasteiger partial charge is 0.276 e. The van der Waals surface area contributed by atoms with E-state index in [1.165, 1.54) is 12.3 Å². The van der Waals surface area contributed by atoms with Crippen LogP contribution in [0.25, 0.3) is 0 Å². The molecule has 0 atom stereocenters. The Bertz CT molecular complexity index is 847. The molecule has 2 aromatic rings. The first-order valence-corrected chi connectivity index (χ1v) is 7.54. The van der Waals surface area contributed by atoms with Gasteiger partial charge in [0, 0.05) is 6.20 Å². The highest BCUT2D eigenvalue weighted by Gasteiger charge is 2.18. The molecule has 2 rings (SSSR count). The Morgan fingerprint density at radius 2 is 2.10 bits per heavy atom. The van der Waals surface area contributed by atoms with E-state index in [0.29, 0.717) is 5.56 Å². The minimum Gasteiger partial charge on any atom is -0.276 e. The zero-order chi connectivity index (χ0) is 15.6. The van der Waals surface area contributed by atoms with E-state index in [2.05, 4.69) is 9.71 Å². The monoisotopic (exact) mass is 325 g/mol. The summed E-state index contributed by atoms with van der Waals surface area (Å²) in [4.78, 5) is 3.59. The summed E-state index contributed by atoms with van der Waals surface area (Å²) in [6, 6.07) is 6.04. The van der Waals surface area contributed by atoms with E-state index in [1.807, 2.05) is 0 Å². The van der Waals surface area contributed by atoms with Crippen LogP contribution in [-0.2, 0) is 10.0 Å². The summed E-state index contributed by atoms with van der Waals surface area (Å²) in [6.45, 7) is 1.73. The van der Waals surface area contributed by atoms with Crippen molar-refractivity contribution >= 4 is 27.3 Å². The number of halogens is 2. The molecule has 0 amide bonds. The van der Waals surface area contributed by atoms with E-state index in [9.17, 15) is 12.8 Å². The quantitative estimate of drug-likeness (QED) is 0.880. The van der Waals surface area contributed by atoms with Crippen molar-refractivity contribution in [2.24, 2.45) is 0 Å². The molecule has 0 bridgehead atoms. The van der Waals surface area contributed by atoms with Gasteiger partial charge < -0.3 is 0 Å². The molecule has 1 heterocycles. The number of benzene rings is 1. The number of sulfonamides is 1.